The Bertz CT molecular complexity index is 883. The number of rotatable bonds is 14. The maximum Gasteiger partial charge on any atom is 1.00 e. The molecule has 0 aliphatic carbocycles. The maximum atomic E-state index is 11.7. The van der Waals surface area contributed by atoms with Gasteiger partial charge in [0.2, 0.25) is 0 Å². The zero-order chi connectivity index (χ0) is 21.8. The van der Waals surface area contributed by atoms with Gasteiger partial charge >= 0.3 is 29.6 Å². The van der Waals surface area contributed by atoms with Crippen LogP contribution < -0.4 is 39.4 Å². The fraction of sp³-hybridized carbons (Fsp3) is 0.500. The summed E-state index contributed by atoms with van der Waals surface area (Å²) in [6.45, 7) is 2.24. The van der Waals surface area contributed by atoms with Gasteiger partial charge in [-0.25, -0.2) is 0 Å². The Morgan fingerprint density at radius 1 is 0.871 bits per heavy atom. The maximum absolute atomic E-state index is 11.7. The molecule has 0 atom stereocenters. The molecule has 0 radical (unpaired) electrons. The molecule has 2 rings (SSSR count). The molecule has 0 aromatic heterocycles. The molecule has 0 aliphatic heterocycles. The molecule has 0 spiro atoms. The third-order valence-electron chi connectivity index (χ3n) is 5.15. The molecule has 0 fully saturated rings. The summed E-state index contributed by atoms with van der Waals surface area (Å²) in [6, 6.07) is 10.8. The van der Waals surface area contributed by atoms with Crippen molar-refractivity contribution in [2.75, 3.05) is 0 Å². The van der Waals surface area contributed by atoms with Gasteiger partial charge in [-0.2, -0.15) is 8.42 Å². The SMILES string of the molecule is CCCCCCCCCCCCc1ccccc1Oc1cc([O-])cc(S(=O)(=O)O)c1.[Na+]. The van der Waals surface area contributed by atoms with Gasteiger partial charge in [-0.3, -0.25) is 4.55 Å². The molecular formula is C24H33NaO5S. The number of aryl methyl sites for hydroxylation is 1. The van der Waals surface area contributed by atoms with Crippen LogP contribution in [0, 0.1) is 0 Å². The average molecular weight is 457 g/mol. The van der Waals surface area contributed by atoms with Crippen molar-refractivity contribution >= 4 is 10.1 Å². The summed E-state index contributed by atoms with van der Waals surface area (Å²) in [5.41, 5.74) is 1.02. The van der Waals surface area contributed by atoms with Crippen LogP contribution in [0.4, 0.5) is 0 Å². The zero-order valence-electron chi connectivity index (χ0n) is 18.8. The van der Waals surface area contributed by atoms with Gasteiger partial charge < -0.3 is 9.84 Å². The predicted molar refractivity (Wildman–Crippen MR) is 118 cm³/mol. The van der Waals surface area contributed by atoms with E-state index in [4.69, 9.17) is 4.74 Å². The van der Waals surface area contributed by atoms with Gasteiger partial charge in [-0.1, -0.05) is 82.9 Å². The van der Waals surface area contributed by atoms with Crippen molar-refractivity contribution in [2.24, 2.45) is 0 Å². The molecule has 7 heteroatoms. The van der Waals surface area contributed by atoms with Crippen LogP contribution in [-0.4, -0.2) is 13.0 Å². The zero-order valence-corrected chi connectivity index (χ0v) is 21.6. The van der Waals surface area contributed by atoms with Gasteiger partial charge in [0.15, 0.2) is 0 Å². The summed E-state index contributed by atoms with van der Waals surface area (Å²) in [7, 11) is -4.46. The van der Waals surface area contributed by atoms with E-state index in [1.807, 2.05) is 18.2 Å². The fourth-order valence-corrected chi connectivity index (χ4v) is 4.02. The first kappa shape index (κ1) is 28.0. The summed E-state index contributed by atoms with van der Waals surface area (Å²) in [4.78, 5) is -0.461. The van der Waals surface area contributed by atoms with Crippen molar-refractivity contribution in [3.63, 3.8) is 0 Å². The Hall–Kier alpha value is -1.05. The quantitative estimate of drug-likeness (QED) is 0.268. The van der Waals surface area contributed by atoms with Crippen LogP contribution in [0.25, 0.3) is 0 Å². The third kappa shape index (κ3) is 10.9. The molecule has 1 N–H and O–H groups in total. The van der Waals surface area contributed by atoms with Crippen LogP contribution in [0.2, 0.25) is 0 Å². The predicted octanol–water partition coefficient (Wildman–Crippen LogP) is 3.27. The summed E-state index contributed by atoms with van der Waals surface area (Å²) < 4.78 is 37.7. The monoisotopic (exact) mass is 456 g/mol. The van der Waals surface area contributed by atoms with E-state index in [1.54, 1.807) is 6.07 Å². The van der Waals surface area contributed by atoms with Crippen molar-refractivity contribution < 1.29 is 52.4 Å². The molecule has 2 aromatic rings. The molecule has 2 aromatic carbocycles. The van der Waals surface area contributed by atoms with Crippen molar-refractivity contribution in [1.29, 1.82) is 0 Å². The fourth-order valence-electron chi connectivity index (χ4n) is 3.49. The van der Waals surface area contributed by atoms with Gasteiger partial charge in [-0.05, 0) is 36.6 Å². The molecule has 5 nitrogen and oxygen atoms in total. The molecule has 0 saturated heterocycles. The van der Waals surface area contributed by atoms with Crippen LogP contribution in [0.1, 0.15) is 76.7 Å². The van der Waals surface area contributed by atoms with E-state index in [9.17, 15) is 18.1 Å². The van der Waals surface area contributed by atoms with Gasteiger partial charge in [-0.15, -0.1) is 5.75 Å². The topological polar surface area (TPSA) is 86.7 Å². The normalized spacial score (nSPS) is 11.2. The average Bonchev–Trinajstić information content (AvgIpc) is 2.69. The molecule has 31 heavy (non-hydrogen) atoms. The summed E-state index contributed by atoms with van der Waals surface area (Å²) in [5.74, 6) is 0.165. The Morgan fingerprint density at radius 2 is 1.45 bits per heavy atom. The van der Waals surface area contributed by atoms with E-state index < -0.39 is 20.8 Å². The summed E-state index contributed by atoms with van der Waals surface area (Å²) in [6.07, 6.45) is 13.6. The summed E-state index contributed by atoms with van der Waals surface area (Å²) >= 11 is 0. The molecule has 0 aliphatic rings. The Morgan fingerprint density at radius 3 is 2.06 bits per heavy atom. The second kappa shape index (κ2) is 14.9. The number of ether oxygens (including phenoxy) is 1. The van der Waals surface area contributed by atoms with Gasteiger partial charge in [0, 0.05) is 6.07 Å². The van der Waals surface area contributed by atoms with E-state index in [1.165, 1.54) is 57.4 Å². The number of benzene rings is 2. The minimum absolute atomic E-state index is 0. The number of unbranched alkanes of at least 4 members (excludes halogenated alkanes) is 9. The first-order valence-corrected chi connectivity index (χ1v) is 12.4. The van der Waals surface area contributed by atoms with E-state index in [2.05, 4.69) is 6.92 Å². The van der Waals surface area contributed by atoms with Gasteiger partial charge in [0.25, 0.3) is 10.1 Å². The van der Waals surface area contributed by atoms with Crippen molar-refractivity contribution in [1.82, 2.24) is 0 Å². The first-order chi connectivity index (χ1) is 14.4. The molecular weight excluding hydrogens is 423 g/mol. The van der Waals surface area contributed by atoms with Gasteiger partial charge in [0.05, 0.1) is 4.90 Å². The molecule has 0 amide bonds. The molecule has 0 unspecified atom stereocenters. The number of hydrogen-bond acceptors (Lipinski definition) is 4. The van der Waals surface area contributed by atoms with Crippen LogP contribution >= 0.6 is 0 Å². The Balaban J connectivity index is 0.00000480. The van der Waals surface area contributed by atoms with Crippen LogP contribution in [-0.2, 0) is 16.5 Å². The smallest absolute Gasteiger partial charge is 0.872 e. The van der Waals surface area contributed by atoms with Crippen molar-refractivity contribution in [2.45, 2.75) is 82.4 Å². The van der Waals surface area contributed by atoms with E-state index >= 15 is 0 Å². The number of hydrogen-bond donors (Lipinski definition) is 1. The van der Waals surface area contributed by atoms with Crippen molar-refractivity contribution in [3.8, 4) is 17.2 Å². The van der Waals surface area contributed by atoms with E-state index in [-0.39, 0.29) is 35.3 Å². The molecule has 166 valence electrons. The third-order valence-corrected chi connectivity index (χ3v) is 5.98. The second-order valence-corrected chi connectivity index (χ2v) is 9.18. The largest absolute Gasteiger partial charge is 1.00 e. The van der Waals surface area contributed by atoms with Crippen LogP contribution in [0.5, 0.6) is 17.2 Å². The molecule has 0 saturated carbocycles. The van der Waals surface area contributed by atoms with E-state index in [0.717, 1.165) is 37.0 Å². The Labute approximate surface area is 209 Å². The van der Waals surface area contributed by atoms with Crippen LogP contribution in [0.15, 0.2) is 47.4 Å². The van der Waals surface area contributed by atoms with Crippen molar-refractivity contribution in [3.05, 3.63) is 48.0 Å². The standard InChI is InChI=1S/C24H34O5S.Na/c1-2-3-4-5-6-7-8-9-10-11-14-20-15-12-13-16-24(20)29-22-17-21(25)18-23(19-22)30(26,27)28;/h12-13,15-19,25H,2-11,14H2,1H3,(H,26,27,28);/q;+1/p-1. The van der Waals surface area contributed by atoms with Crippen LogP contribution in [0.3, 0.4) is 0 Å². The van der Waals surface area contributed by atoms with E-state index in [0.29, 0.717) is 5.75 Å². The minimum atomic E-state index is -4.46. The van der Waals surface area contributed by atoms with Gasteiger partial charge in [0.1, 0.15) is 11.5 Å². The molecule has 0 heterocycles. The first-order valence-electron chi connectivity index (χ1n) is 11.0. The summed E-state index contributed by atoms with van der Waals surface area (Å²) in [5, 5.41) is 11.7. The number of para-hydroxylation sites is 1. The minimum Gasteiger partial charge on any atom is -0.872 e. The second-order valence-electron chi connectivity index (χ2n) is 7.76. The Kier molecular flexibility index (Phi) is 13.5. The molecule has 0 bridgehead atoms.